The fourth-order valence-electron chi connectivity index (χ4n) is 3.57. The minimum absolute atomic E-state index is 0.355. The summed E-state index contributed by atoms with van der Waals surface area (Å²) in [4.78, 5) is 0. The number of hydrogen-bond donors (Lipinski definition) is 0. The second kappa shape index (κ2) is 5.14. The number of rotatable bonds is 2. The van der Waals surface area contributed by atoms with Crippen molar-refractivity contribution >= 4 is 16.5 Å². The fraction of sp³-hybridized carbons (Fsp3) is 0.444. The van der Waals surface area contributed by atoms with Crippen molar-refractivity contribution in [1.82, 2.24) is 4.57 Å². The monoisotopic (exact) mass is 299 g/mol. The SMILES string of the molecule is COc1ccc2c(c1)c(C1=CCC3(CC1)OCCO3)cn2C. The van der Waals surface area contributed by atoms with Crippen molar-refractivity contribution in [3.05, 3.63) is 36.0 Å². The van der Waals surface area contributed by atoms with Crippen LogP contribution in [0.3, 0.4) is 0 Å². The van der Waals surface area contributed by atoms with E-state index in [0.29, 0.717) is 13.2 Å². The number of hydrogen-bond acceptors (Lipinski definition) is 3. The Kier molecular flexibility index (Phi) is 3.24. The number of aryl methyl sites for hydroxylation is 1. The zero-order chi connectivity index (χ0) is 15.2. The standard InChI is InChI=1S/C18H21NO3/c1-19-12-16(15-11-14(20-2)3-4-17(15)19)13-5-7-18(8-6-13)21-9-10-22-18/h3-5,11-12H,6-10H2,1-2H3. The number of nitrogens with zero attached hydrogens (tertiary/aromatic N) is 1. The summed E-state index contributed by atoms with van der Waals surface area (Å²) in [5.74, 6) is 0.543. The van der Waals surface area contributed by atoms with Gasteiger partial charge < -0.3 is 18.8 Å². The van der Waals surface area contributed by atoms with Crippen LogP contribution in [0.1, 0.15) is 24.8 Å². The molecule has 116 valence electrons. The molecule has 0 saturated carbocycles. The van der Waals surface area contributed by atoms with E-state index in [1.54, 1.807) is 7.11 Å². The Hall–Kier alpha value is -1.78. The molecule has 0 bridgehead atoms. The van der Waals surface area contributed by atoms with E-state index in [-0.39, 0.29) is 5.79 Å². The Labute approximate surface area is 130 Å². The highest BCUT2D eigenvalue weighted by atomic mass is 16.7. The molecule has 4 nitrogen and oxygen atoms in total. The van der Waals surface area contributed by atoms with Crippen LogP contribution in [-0.4, -0.2) is 30.7 Å². The van der Waals surface area contributed by atoms with Gasteiger partial charge in [0.15, 0.2) is 5.79 Å². The van der Waals surface area contributed by atoms with Crippen LogP contribution >= 0.6 is 0 Å². The smallest absolute Gasteiger partial charge is 0.172 e. The van der Waals surface area contributed by atoms with Crippen LogP contribution in [0.25, 0.3) is 16.5 Å². The highest BCUT2D eigenvalue weighted by molar-refractivity contribution is 5.94. The second-order valence-corrected chi connectivity index (χ2v) is 6.08. The van der Waals surface area contributed by atoms with E-state index in [4.69, 9.17) is 14.2 Å². The summed E-state index contributed by atoms with van der Waals surface area (Å²) in [7, 11) is 3.80. The molecule has 4 heteroatoms. The summed E-state index contributed by atoms with van der Waals surface area (Å²) < 4.78 is 19.2. The number of fused-ring (bicyclic) bond motifs is 1. The normalized spacial score (nSPS) is 20.5. The molecule has 2 aliphatic rings. The summed E-state index contributed by atoms with van der Waals surface area (Å²) >= 11 is 0. The molecule has 1 fully saturated rings. The molecule has 0 unspecified atom stereocenters. The van der Waals surface area contributed by atoms with Crippen molar-refractivity contribution < 1.29 is 14.2 Å². The van der Waals surface area contributed by atoms with Gasteiger partial charge in [-0.1, -0.05) is 6.08 Å². The average Bonchev–Trinajstić information content (AvgIpc) is 3.13. The molecular formula is C18H21NO3. The van der Waals surface area contributed by atoms with Gasteiger partial charge in [-0.05, 0) is 30.2 Å². The zero-order valence-electron chi connectivity index (χ0n) is 13.1. The second-order valence-electron chi connectivity index (χ2n) is 6.08. The summed E-state index contributed by atoms with van der Waals surface area (Å²) in [5, 5.41) is 1.25. The number of aromatic nitrogens is 1. The van der Waals surface area contributed by atoms with E-state index in [2.05, 4.69) is 36.0 Å². The summed E-state index contributed by atoms with van der Waals surface area (Å²) in [6, 6.07) is 6.25. The van der Waals surface area contributed by atoms with Gasteiger partial charge in [0.2, 0.25) is 0 Å². The molecule has 1 saturated heterocycles. The van der Waals surface area contributed by atoms with Crippen molar-refractivity contribution in [2.45, 2.75) is 25.0 Å². The van der Waals surface area contributed by atoms with Gasteiger partial charge in [0.25, 0.3) is 0 Å². The van der Waals surface area contributed by atoms with Crippen molar-refractivity contribution in [2.75, 3.05) is 20.3 Å². The number of methoxy groups -OCH3 is 1. The maximum atomic E-state index is 5.80. The molecule has 0 atom stereocenters. The van der Waals surface area contributed by atoms with Gasteiger partial charge in [-0.2, -0.15) is 0 Å². The van der Waals surface area contributed by atoms with Crippen LogP contribution in [0.15, 0.2) is 30.5 Å². The first-order valence-corrected chi connectivity index (χ1v) is 7.81. The van der Waals surface area contributed by atoms with Crippen LogP contribution in [0.5, 0.6) is 5.75 Å². The van der Waals surface area contributed by atoms with E-state index in [1.807, 2.05) is 6.07 Å². The molecule has 0 amide bonds. The summed E-state index contributed by atoms with van der Waals surface area (Å²) in [6.07, 6.45) is 7.24. The predicted molar refractivity (Wildman–Crippen MR) is 85.9 cm³/mol. The van der Waals surface area contributed by atoms with Gasteiger partial charge in [0.05, 0.1) is 20.3 Å². The van der Waals surface area contributed by atoms with Crippen molar-refractivity contribution in [3.8, 4) is 5.75 Å². The van der Waals surface area contributed by atoms with E-state index in [9.17, 15) is 0 Å². The van der Waals surface area contributed by atoms with E-state index >= 15 is 0 Å². The maximum Gasteiger partial charge on any atom is 0.172 e. The van der Waals surface area contributed by atoms with E-state index in [1.165, 1.54) is 22.0 Å². The lowest BCUT2D eigenvalue weighted by molar-refractivity contribution is -0.159. The maximum absolute atomic E-state index is 5.80. The summed E-state index contributed by atoms with van der Waals surface area (Å²) in [6.45, 7) is 1.43. The number of allylic oxidation sites excluding steroid dienone is 1. The predicted octanol–water partition coefficient (Wildman–Crippen LogP) is 3.50. The number of ether oxygens (including phenoxy) is 3. The van der Waals surface area contributed by atoms with Crippen LogP contribution in [0.4, 0.5) is 0 Å². The minimum Gasteiger partial charge on any atom is -0.497 e. The quantitative estimate of drug-likeness (QED) is 0.851. The van der Waals surface area contributed by atoms with E-state index in [0.717, 1.165) is 25.0 Å². The molecule has 2 heterocycles. The molecule has 22 heavy (non-hydrogen) atoms. The highest BCUT2D eigenvalue weighted by Crippen LogP contribution is 2.40. The molecule has 1 aliphatic carbocycles. The Morgan fingerprint density at radius 1 is 1.23 bits per heavy atom. The highest BCUT2D eigenvalue weighted by Gasteiger charge is 2.37. The first-order valence-electron chi connectivity index (χ1n) is 7.81. The minimum atomic E-state index is -0.355. The Morgan fingerprint density at radius 3 is 2.73 bits per heavy atom. The van der Waals surface area contributed by atoms with Crippen molar-refractivity contribution in [1.29, 1.82) is 0 Å². The van der Waals surface area contributed by atoms with Gasteiger partial charge in [-0.3, -0.25) is 0 Å². The van der Waals surface area contributed by atoms with Crippen LogP contribution < -0.4 is 4.74 Å². The van der Waals surface area contributed by atoms with Crippen LogP contribution in [-0.2, 0) is 16.5 Å². The van der Waals surface area contributed by atoms with Gasteiger partial charge in [0.1, 0.15) is 5.75 Å². The molecule has 0 radical (unpaired) electrons. The van der Waals surface area contributed by atoms with Gasteiger partial charge in [0, 0.05) is 42.6 Å². The lowest BCUT2D eigenvalue weighted by atomic mass is 9.89. The van der Waals surface area contributed by atoms with Crippen LogP contribution in [0.2, 0.25) is 0 Å². The molecule has 1 aliphatic heterocycles. The Balaban J connectivity index is 1.73. The fourth-order valence-corrected chi connectivity index (χ4v) is 3.57. The van der Waals surface area contributed by atoms with Crippen LogP contribution in [0, 0.1) is 0 Å². The molecule has 0 N–H and O–H groups in total. The van der Waals surface area contributed by atoms with Crippen molar-refractivity contribution in [3.63, 3.8) is 0 Å². The largest absolute Gasteiger partial charge is 0.497 e. The lowest BCUT2D eigenvalue weighted by Crippen LogP contribution is -2.31. The molecular weight excluding hydrogens is 278 g/mol. The third-order valence-electron chi connectivity index (χ3n) is 4.79. The van der Waals surface area contributed by atoms with E-state index < -0.39 is 0 Å². The van der Waals surface area contributed by atoms with Gasteiger partial charge in [-0.15, -0.1) is 0 Å². The third kappa shape index (κ3) is 2.14. The topological polar surface area (TPSA) is 32.6 Å². The molecule has 1 aromatic heterocycles. The average molecular weight is 299 g/mol. The molecule has 4 rings (SSSR count). The first kappa shape index (κ1) is 13.9. The molecule has 2 aromatic rings. The Bertz CT molecular complexity index is 738. The third-order valence-corrected chi connectivity index (χ3v) is 4.79. The lowest BCUT2D eigenvalue weighted by Gasteiger charge is -2.30. The zero-order valence-corrected chi connectivity index (χ0v) is 13.1. The number of benzene rings is 1. The van der Waals surface area contributed by atoms with Crippen molar-refractivity contribution in [2.24, 2.45) is 7.05 Å². The molecule has 1 aromatic carbocycles. The summed E-state index contributed by atoms with van der Waals surface area (Å²) in [5.41, 5.74) is 3.90. The first-order chi connectivity index (χ1) is 10.7. The van der Waals surface area contributed by atoms with Gasteiger partial charge in [-0.25, -0.2) is 0 Å². The molecule has 1 spiro atoms. The van der Waals surface area contributed by atoms with Gasteiger partial charge >= 0.3 is 0 Å². The Morgan fingerprint density at radius 2 is 2.05 bits per heavy atom.